The highest BCUT2D eigenvalue weighted by molar-refractivity contribution is 5.88. The molecule has 0 unspecified atom stereocenters. The third kappa shape index (κ3) is 8.75. The van der Waals surface area contributed by atoms with Gasteiger partial charge in [0.1, 0.15) is 0 Å². The monoisotopic (exact) mass is 256 g/mol. The summed E-state index contributed by atoms with van der Waals surface area (Å²) in [6, 6.07) is 0. The van der Waals surface area contributed by atoms with Crippen LogP contribution in [0.5, 0.6) is 0 Å². The fourth-order valence-corrected chi connectivity index (χ4v) is 1.15. The number of amides is 1. The van der Waals surface area contributed by atoms with Crippen molar-refractivity contribution in [2.24, 2.45) is 5.92 Å². The lowest BCUT2D eigenvalue weighted by molar-refractivity contribution is -0.138. The van der Waals surface area contributed by atoms with Crippen LogP contribution in [0.3, 0.4) is 0 Å². The molecule has 0 aliphatic rings. The van der Waals surface area contributed by atoms with Gasteiger partial charge in [-0.25, -0.2) is 4.79 Å². The van der Waals surface area contributed by atoms with Crippen LogP contribution >= 0.6 is 0 Å². The predicted molar refractivity (Wildman–Crippen MR) is 71.1 cm³/mol. The molecule has 0 saturated carbocycles. The minimum atomic E-state index is -0.394. The molecule has 5 heteroatoms. The largest absolute Gasteiger partial charge is 0.463 e. The predicted octanol–water partition coefficient (Wildman–Crippen LogP) is 0.858. The van der Waals surface area contributed by atoms with Crippen LogP contribution in [0.1, 0.15) is 27.2 Å². The van der Waals surface area contributed by atoms with Crippen LogP contribution in [-0.2, 0) is 14.3 Å². The number of rotatable bonds is 9. The summed E-state index contributed by atoms with van der Waals surface area (Å²) in [5.41, 5.74) is 0.374. The van der Waals surface area contributed by atoms with Crippen LogP contribution < -0.4 is 10.6 Å². The quantitative estimate of drug-likeness (QED) is 0.365. The normalized spacial score (nSPS) is 10.2. The van der Waals surface area contributed by atoms with Crippen LogP contribution in [0.15, 0.2) is 12.2 Å². The smallest absolute Gasteiger partial charge is 0.334 e. The van der Waals surface area contributed by atoms with E-state index in [-0.39, 0.29) is 5.91 Å². The van der Waals surface area contributed by atoms with E-state index in [1.807, 2.05) is 13.8 Å². The third-order valence-corrected chi connectivity index (χ3v) is 2.14. The molecule has 18 heavy (non-hydrogen) atoms. The highest BCUT2D eigenvalue weighted by atomic mass is 16.5. The maximum absolute atomic E-state index is 11.4. The first-order valence-corrected chi connectivity index (χ1v) is 6.29. The van der Waals surface area contributed by atoms with Crippen molar-refractivity contribution in [2.45, 2.75) is 27.2 Å². The molecule has 104 valence electrons. The van der Waals surface area contributed by atoms with Gasteiger partial charge in [-0.05, 0) is 12.8 Å². The molecule has 0 bridgehead atoms. The molecule has 1 amide bonds. The van der Waals surface area contributed by atoms with Crippen molar-refractivity contribution in [1.82, 2.24) is 10.6 Å². The lowest BCUT2D eigenvalue weighted by atomic mass is 10.2. The fourth-order valence-electron chi connectivity index (χ4n) is 1.15. The van der Waals surface area contributed by atoms with Crippen LogP contribution in [0.4, 0.5) is 0 Å². The Balaban J connectivity index is 3.58. The Morgan fingerprint density at radius 1 is 1.33 bits per heavy atom. The van der Waals surface area contributed by atoms with Crippen molar-refractivity contribution in [3.8, 4) is 0 Å². The first-order chi connectivity index (χ1) is 8.47. The first-order valence-electron chi connectivity index (χ1n) is 6.29. The van der Waals surface area contributed by atoms with Crippen molar-refractivity contribution in [3.05, 3.63) is 12.2 Å². The lowest BCUT2D eigenvalue weighted by Crippen LogP contribution is -2.31. The highest BCUT2D eigenvalue weighted by Gasteiger charge is 2.07. The second-order valence-corrected chi connectivity index (χ2v) is 4.45. The standard InChI is InChI=1S/C13H24N2O3/c1-5-18-13(17)11(4)9-14-7-6-12(16)15-8-10(2)3/h10,14H,4-9H2,1-3H3,(H,15,16). The zero-order valence-electron chi connectivity index (χ0n) is 11.5. The van der Waals surface area contributed by atoms with Gasteiger partial charge in [0.2, 0.25) is 5.91 Å². The summed E-state index contributed by atoms with van der Waals surface area (Å²) in [5.74, 6) is 0.0673. The van der Waals surface area contributed by atoms with Gasteiger partial charge in [-0.2, -0.15) is 0 Å². The molecule has 0 spiro atoms. The van der Waals surface area contributed by atoms with Crippen LogP contribution in [0.2, 0.25) is 0 Å². The molecule has 2 N–H and O–H groups in total. The van der Waals surface area contributed by atoms with Gasteiger partial charge in [-0.3, -0.25) is 4.79 Å². The number of carbonyl (C=O) groups is 2. The summed E-state index contributed by atoms with van der Waals surface area (Å²) in [4.78, 5) is 22.6. The van der Waals surface area contributed by atoms with Crippen molar-refractivity contribution >= 4 is 11.9 Å². The number of carbonyl (C=O) groups excluding carboxylic acids is 2. The number of ether oxygens (including phenoxy) is 1. The molecular formula is C13H24N2O3. The number of hydrogen-bond acceptors (Lipinski definition) is 4. The molecule has 0 heterocycles. The van der Waals surface area contributed by atoms with E-state index < -0.39 is 5.97 Å². The van der Waals surface area contributed by atoms with E-state index in [0.29, 0.717) is 44.2 Å². The Labute approximate surface area is 109 Å². The van der Waals surface area contributed by atoms with Gasteiger partial charge in [0.25, 0.3) is 0 Å². The molecule has 5 nitrogen and oxygen atoms in total. The number of nitrogens with one attached hydrogen (secondary N) is 2. The molecule has 0 atom stereocenters. The summed E-state index contributed by atoms with van der Waals surface area (Å²) in [6.07, 6.45) is 0.392. The molecule has 0 aromatic rings. The molecule has 0 saturated heterocycles. The average Bonchev–Trinajstić information content (AvgIpc) is 2.32. The third-order valence-electron chi connectivity index (χ3n) is 2.14. The summed E-state index contributed by atoms with van der Waals surface area (Å²) in [5, 5.41) is 5.80. The molecule has 0 radical (unpaired) electrons. The van der Waals surface area contributed by atoms with Crippen molar-refractivity contribution in [3.63, 3.8) is 0 Å². The zero-order chi connectivity index (χ0) is 14.0. The first kappa shape index (κ1) is 16.6. The van der Waals surface area contributed by atoms with Crippen LogP contribution in [-0.4, -0.2) is 38.1 Å². The van der Waals surface area contributed by atoms with E-state index in [9.17, 15) is 9.59 Å². The van der Waals surface area contributed by atoms with E-state index in [2.05, 4.69) is 17.2 Å². The maximum Gasteiger partial charge on any atom is 0.334 e. The summed E-state index contributed by atoms with van der Waals surface area (Å²) < 4.78 is 4.79. The Bertz CT molecular complexity index is 288. The van der Waals surface area contributed by atoms with Crippen LogP contribution in [0, 0.1) is 5.92 Å². The van der Waals surface area contributed by atoms with E-state index in [1.165, 1.54) is 0 Å². The molecule has 0 aromatic carbocycles. The molecule has 0 aliphatic carbocycles. The van der Waals surface area contributed by atoms with Gasteiger partial charge in [0.15, 0.2) is 0 Å². The van der Waals surface area contributed by atoms with E-state index in [1.54, 1.807) is 6.92 Å². The zero-order valence-corrected chi connectivity index (χ0v) is 11.5. The van der Waals surface area contributed by atoms with Gasteiger partial charge in [0, 0.05) is 31.6 Å². The van der Waals surface area contributed by atoms with E-state index in [0.717, 1.165) is 0 Å². The van der Waals surface area contributed by atoms with Gasteiger partial charge in [-0.1, -0.05) is 20.4 Å². The van der Waals surface area contributed by atoms with E-state index >= 15 is 0 Å². The summed E-state index contributed by atoms with van der Waals surface area (Å²) >= 11 is 0. The molecule has 0 aliphatic heterocycles. The van der Waals surface area contributed by atoms with Gasteiger partial charge >= 0.3 is 5.97 Å². The van der Waals surface area contributed by atoms with Crippen LogP contribution in [0.25, 0.3) is 0 Å². The van der Waals surface area contributed by atoms with Crippen molar-refractivity contribution < 1.29 is 14.3 Å². The molecule has 0 aromatic heterocycles. The second-order valence-electron chi connectivity index (χ2n) is 4.45. The SMILES string of the molecule is C=C(CNCCC(=O)NCC(C)C)C(=O)OCC. The van der Waals surface area contributed by atoms with Gasteiger partial charge in [-0.15, -0.1) is 0 Å². The maximum atomic E-state index is 11.4. The fraction of sp³-hybridized carbons (Fsp3) is 0.692. The molecule has 0 fully saturated rings. The van der Waals surface area contributed by atoms with Gasteiger partial charge < -0.3 is 15.4 Å². The highest BCUT2D eigenvalue weighted by Crippen LogP contribution is 1.93. The Kier molecular flexibility index (Phi) is 8.92. The van der Waals surface area contributed by atoms with Crippen molar-refractivity contribution in [1.29, 1.82) is 0 Å². The number of hydrogen-bond donors (Lipinski definition) is 2. The molecule has 0 rings (SSSR count). The van der Waals surface area contributed by atoms with Gasteiger partial charge in [0.05, 0.1) is 6.61 Å². The molecular weight excluding hydrogens is 232 g/mol. The lowest BCUT2D eigenvalue weighted by Gasteiger charge is -2.09. The Morgan fingerprint density at radius 3 is 2.56 bits per heavy atom. The second kappa shape index (κ2) is 9.65. The summed E-state index contributed by atoms with van der Waals surface area (Å²) in [6.45, 7) is 11.3. The average molecular weight is 256 g/mol. The summed E-state index contributed by atoms with van der Waals surface area (Å²) in [7, 11) is 0. The minimum Gasteiger partial charge on any atom is -0.463 e. The minimum absolute atomic E-state index is 0.0120. The van der Waals surface area contributed by atoms with E-state index in [4.69, 9.17) is 4.74 Å². The number of esters is 1. The Hall–Kier alpha value is -1.36. The van der Waals surface area contributed by atoms with Crippen molar-refractivity contribution in [2.75, 3.05) is 26.2 Å². The Morgan fingerprint density at radius 2 is 2.00 bits per heavy atom. The topological polar surface area (TPSA) is 67.4 Å².